The fraction of sp³-hybridized carbons (Fsp3) is 0.227. The third-order valence-electron chi connectivity index (χ3n) is 4.27. The van der Waals surface area contributed by atoms with Crippen LogP contribution in [-0.2, 0) is 22.7 Å². The minimum absolute atomic E-state index is 0.281. The summed E-state index contributed by atoms with van der Waals surface area (Å²) >= 11 is 0. The summed E-state index contributed by atoms with van der Waals surface area (Å²) in [7, 11) is 4.11. The highest BCUT2D eigenvalue weighted by atomic mass is 16.5. The molecule has 4 heteroatoms. The molecule has 0 amide bonds. The van der Waals surface area contributed by atoms with Gasteiger partial charge < -0.3 is 14.6 Å². The normalized spacial score (nSPS) is 11.5. The molecule has 4 nitrogen and oxygen atoms in total. The molecule has 26 heavy (non-hydrogen) atoms. The Morgan fingerprint density at radius 1 is 1.12 bits per heavy atom. The van der Waals surface area contributed by atoms with E-state index in [4.69, 9.17) is 4.74 Å². The highest BCUT2D eigenvalue weighted by molar-refractivity contribution is 5.96. The van der Waals surface area contributed by atoms with Crippen LogP contribution in [0.4, 0.5) is 0 Å². The van der Waals surface area contributed by atoms with E-state index in [0.717, 1.165) is 34.3 Å². The first kappa shape index (κ1) is 18.0. The molecule has 134 valence electrons. The van der Waals surface area contributed by atoms with E-state index in [0.29, 0.717) is 0 Å². The summed E-state index contributed by atoms with van der Waals surface area (Å²) in [5, 5.41) is 1.16. The van der Waals surface area contributed by atoms with Gasteiger partial charge in [0.05, 0.1) is 0 Å². The van der Waals surface area contributed by atoms with Gasteiger partial charge in [-0.25, -0.2) is 4.79 Å². The quantitative estimate of drug-likeness (QED) is 0.534. The van der Waals surface area contributed by atoms with E-state index < -0.39 is 0 Å². The molecule has 0 saturated carbocycles. The van der Waals surface area contributed by atoms with Gasteiger partial charge >= 0.3 is 5.97 Å². The highest BCUT2D eigenvalue weighted by Crippen LogP contribution is 2.27. The van der Waals surface area contributed by atoms with Crippen molar-refractivity contribution in [1.82, 2.24) is 9.88 Å². The minimum atomic E-state index is -0.340. The number of aryl methyl sites for hydroxylation is 1. The SMILES string of the molecule is Cc1[nH]c2cccc(/C=C/C(=O)OCc3ccccc3)c2c1CN(C)C. The van der Waals surface area contributed by atoms with Gasteiger partial charge in [0.25, 0.3) is 0 Å². The number of H-pyrrole nitrogens is 1. The molecule has 3 rings (SSSR count). The first-order valence-electron chi connectivity index (χ1n) is 8.68. The standard InChI is InChI=1S/C22H24N2O2/c1-16-19(14-24(2)3)22-18(10-7-11-20(22)23-16)12-13-21(25)26-15-17-8-5-4-6-9-17/h4-13,23H,14-15H2,1-3H3/b13-12+. The van der Waals surface area contributed by atoms with Gasteiger partial charge in [0, 0.05) is 29.2 Å². The van der Waals surface area contributed by atoms with Crippen molar-refractivity contribution in [2.45, 2.75) is 20.1 Å². The number of nitrogens with one attached hydrogen (secondary N) is 1. The number of aromatic amines is 1. The molecule has 3 aromatic rings. The van der Waals surface area contributed by atoms with Gasteiger partial charge in [-0.15, -0.1) is 0 Å². The van der Waals surface area contributed by atoms with E-state index in [9.17, 15) is 4.79 Å². The van der Waals surface area contributed by atoms with Crippen molar-refractivity contribution in [2.75, 3.05) is 14.1 Å². The molecule has 0 unspecified atom stereocenters. The molecular weight excluding hydrogens is 324 g/mol. The number of ether oxygens (including phenoxy) is 1. The Morgan fingerprint density at radius 2 is 1.88 bits per heavy atom. The summed E-state index contributed by atoms with van der Waals surface area (Å²) in [6, 6.07) is 15.8. The zero-order valence-electron chi connectivity index (χ0n) is 15.5. The van der Waals surface area contributed by atoms with Crippen molar-refractivity contribution in [2.24, 2.45) is 0 Å². The Balaban J connectivity index is 1.79. The monoisotopic (exact) mass is 348 g/mol. The Labute approximate surface area is 154 Å². The fourth-order valence-electron chi connectivity index (χ4n) is 3.06. The number of nitrogens with zero attached hydrogens (tertiary/aromatic N) is 1. The average molecular weight is 348 g/mol. The number of hydrogen-bond donors (Lipinski definition) is 1. The second kappa shape index (κ2) is 8.02. The van der Waals surface area contributed by atoms with E-state index in [-0.39, 0.29) is 12.6 Å². The number of rotatable bonds is 6. The van der Waals surface area contributed by atoms with Gasteiger partial charge in [0.15, 0.2) is 0 Å². The van der Waals surface area contributed by atoms with Crippen LogP contribution in [0.5, 0.6) is 0 Å². The summed E-state index contributed by atoms with van der Waals surface area (Å²) in [6.45, 7) is 3.21. The molecule has 0 aliphatic carbocycles. The number of benzene rings is 2. The van der Waals surface area contributed by atoms with E-state index in [2.05, 4.69) is 37.0 Å². The van der Waals surface area contributed by atoms with Crippen LogP contribution < -0.4 is 0 Å². The maximum Gasteiger partial charge on any atom is 0.331 e. The predicted molar refractivity (Wildman–Crippen MR) is 106 cm³/mol. The lowest BCUT2D eigenvalue weighted by Gasteiger charge is -2.10. The van der Waals surface area contributed by atoms with Crippen LogP contribution in [0.25, 0.3) is 17.0 Å². The largest absolute Gasteiger partial charge is 0.458 e. The van der Waals surface area contributed by atoms with E-state index in [1.807, 2.05) is 48.5 Å². The molecule has 0 aliphatic heterocycles. The van der Waals surface area contributed by atoms with Gasteiger partial charge in [0.1, 0.15) is 6.61 Å². The topological polar surface area (TPSA) is 45.3 Å². The van der Waals surface area contributed by atoms with E-state index >= 15 is 0 Å². The lowest BCUT2D eigenvalue weighted by molar-refractivity contribution is -0.138. The first-order valence-corrected chi connectivity index (χ1v) is 8.68. The maximum atomic E-state index is 12.1. The predicted octanol–water partition coefficient (Wildman–Crippen LogP) is 4.29. The number of hydrogen-bond acceptors (Lipinski definition) is 3. The summed E-state index contributed by atoms with van der Waals surface area (Å²) < 4.78 is 5.32. The van der Waals surface area contributed by atoms with E-state index in [1.165, 1.54) is 11.6 Å². The number of esters is 1. The molecule has 1 N–H and O–H groups in total. The van der Waals surface area contributed by atoms with Gasteiger partial charge in [-0.2, -0.15) is 0 Å². The van der Waals surface area contributed by atoms with Crippen molar-refractivity contribution in [3.05, 3.63) is 77.0 Å². The number of carbonyl (C=O) groups is 1. The highest BCUT2D eigenvalue weighted by Gasteiger charge is 2.12. The molecule has 0 fully saturated rings. The van der Waals surface area contributed by atoms with Crippen molar-refractivity contribution in [3.8, 4) is 0 Å². The Kier molecular flexibility index (Phi) is 5.54. The molecule has 0 bridgehead atoms. The van der Waals surface area contributed by atoms with Crippen molar-refractivity contribution in [1.29, 1.82) is 0 Å². The van der Waals surface area contributed by atoms with E-state index in [1.54, 1.807) is 0 Å². The first-order chi connectivity index (χ1) is 12.5. The third-order valence-corrected chi connectivity index (χ3v) is 4.27. The maximum absolute atomic E-state index is 12.1. The number of fused-ring (bicyclic) bond motifs is 1. The van der Waals surface area contributed by atoms with Crippen molar-refractivity contribution >= 4 is 22.9 Å². The van der Waals surface area contributed by atoms with Gasteiger partial charge in [0.2, 0.25) is 0 Å². The van der Waals surface area contributed by atoms with Crippen LogP contribution in [0.15, 0.2) is 54.6 Å². The lowest BCUT2D eigenvalue weighted by Crippen LogP contribution is -2.11. The lowest BCUT2D eigenvalue weighted by atomic mass is 10.0. The summed E-state index contributed by atoms with van der Waals surface area (Å²) in [4.78, 5) is 17.6. The van der Waals surface area contributed by atoms with Gasteiger partial charge in [-0.1, -0.05) is 42.5 Å². The molecule has 1 heterocycles. The minimum Gasteiger partial charge on any atom is -0.458 e. The van der Waals surface area contributed by atoms with Crippen molar-refractivity contribution < 1.29 is 9.53 Å². The van der Waals surface area contributed by atoms with Crippen LogP contribution >= 0.6 is 0 Å². The summed E-state index contributed by atoms with van der Waals surface area (Å²) in [5.41, 5.74) is 5.48. The molecule has 0 atom stereocenters. The third kappa shape index (κ3) is 4.21. The Hall–Kier alpha value is -2.85. The molecular formula is C22H24N2O2. The molecule has 0 radical (unpaired) electrons. The average Bonchev–Trinajstić information content (AvgIpc) is 2.94. The molecule has 0 aliphatic rings. The zero-order valence-corrected chi connectivity index (χ0v) is 15.5. The molecule has 0 saturated heterocycles. The van der Waals surface area contributed by atoms with Gasteiger partial charge in [-0.05, 0) is 49.9 Å². The van der Waals surface area contributed by atoms with Crippen LogP contribution in [0.3, 0.4) is 0 Å². The Bertz CT molecular complexity index is 924. The zero-order chi connectivity index (χ0) is 18.5. The van der Waals surface area contributed by atoms with Crippen molar-refractivity contribution in [3.63, 3.8) is 0 Å². The fourth-order valence-corrected chi connectivity index (χ4v) is 3.06. The number of aromatic nitrogens is 1. The van der Waals surface area contributed by atoms with Crippen LogP contribution in [0.1, 0.15) is 22.4 Å². The van der Waals surface area contributed by atoms with Crippen LogP contribution in [-0.4, -0.2) is 29.9 Å². The summed E-state index contributed by atoms with van der Waals surface area (Å²) in [6.07, 6.45) is 3.33. The second-order valence-electron chi connectivity index (χ2n) is 6.66. The molecule has 2 aromatic carbocycles. The van der Waals surface area contributed by atoms with Crippen LogP contribution in [0, 0.1) is 6.92 Å². The van der Waals surface area contributed by atoms with Gasteiger partial charge in [-0.3, -0.25) is 0 Å². The second-order valence-corrected chi connectivity index (χ2v) is 6.66. The molecule has 0 spiro atoms. The molecule has 1 aromatic heterocycles. The smallest absolute Gasteiger partial charge is 0.331 e. The summed E-state index contributed by atoms with van der Waals surface area (Å²) in [5.74, 6) is -0.340. The van der Waals surface area contributed by atoms with Crippen LogP contribution in [0.2, 0.25) is 0 Å². The number of carbonyl (C=O) groups excluding carboxylic acids is 1. The Morgan fingerprint density at radius 3 is 2.62 bits per heavy atom.